The molecule has 0 unspecified atom stereocenters. The summed E-state index contributed by atoms with van der Waals surface area (Å²) in [4.78, 5) is 12.5. The second-order valence-corrected chi connectivity index (χ2v) is 7.92. The molecule has 146 valence electrons. The van der Waals surface area contributed by atoms with Crippen LogP contribution in [0.2, 0.25) is 5.02 Å². The highest BCUT2D eigenvalue weighted by Gasteiger charge is 2.19. The number of aromatic nitrogens is 2. The van der Waals surface area contributed by atoms with E-state index in [9.17, 15) is 4.79 Å². The van der Waals surface area contributed by atoms with Crippen LogP contribution in [-0.4, -0.2) is 28.5 Å². The van der Waals surface area contributed by atoms with Gasteiger partial charge >= 0.3 is 0 Å². The highest BCUT2D eigenvalue weighted by atomic mass is 35.5. The van der Waals surface area contributed by atoms with Gasteiger partial charge in [-0.25, -0.2) is 0 Å². The molecule has 0 aliphatic rings. The molecule has 1 atom stereocenters. The molecule has 1 amide bonds. The van der Waals surface area contributed by atoms with Crippen LogP contribution < -0.4 is 10.1 Å². The average Bonchev–Trinajstić information content (AvgIpc) is 3.12. The summed E-state index contributed by atoms with van der Waals surface area (Å²) in [6.07, 6.45) is 0.514. The van der Waals surface area contributed by atoms with Gasteiger partial charge in [-0.2, -0.15) is 0 Å². The number of methoxy groups -OCH3 is 1. The topological polar surface area (TPSA) is 77.2 Å². The number of halogens is 1. The van der Waals surface area contributed by atoms with E-state index in [4.69, 9.17) is 20.8 Å². The minimum atomic E-state index is -0.410. The number of nitrogens with one attached hydrogen (secondary N) is 1. The summed E-state index contributed by atoms with van der Waals surface area (Å²) in [5, 5.41) is 11.5. The summed E-state index contributed by atoms with van der Waals surface area (Å²) in [6.45, 7) is 3.69. The fourth-order valence-electron chi connectivity index (χ4n) is 2.44. The van der Waals surface area contributed by atoms with Gasteiger partial charge in [0, 0.05) is 10.7 Å². The van der Waals surface area contributed by atoms with Crippen LogP contribution in [0, 0.1) is 6.92 Å². The van der Waals surface area contributed by atoms with Crippen molar-refractivity contribution in [2.24, 2.45) is 0 Å². The number of carbonyl (C=O) groups excluding carboxylic acids is 1. The van der Waals surface area contributed by atoms with Crippen molar-refractivity contribution < 1.29 is 13.9 Å². The first-order chi connectivity index (χ1) is 13.4. The molecule has 1 N–H and O–H groups in total. The summed E-state index contributed by atoms with van der Waals surface area (Å²) < 4.78 is 10.8. The van der Waals surface area contributed by atoms with E-state index in [-0.39, 0.29) is 5.91 Å². The summed E-state index contributed by atoms with van der Waals surface area (Å²) in [5.41, 5.74) is 2.66. The van der Waals surface area contributed by atoms with Crippen LogP contribution in [-0.2, 0) is 11.2 Å². The molecule has 0 aliphatic heterocycles. The number of rotatable bonds is 7. The lowest BCUT2D eigenvalue weighted by Crippen LogP contribution is -2.22. The lowest BCUT2D eigenvalue weighted by molar-refractivity contribution is -0.115. The van der Waals surface area contributed by atoms with E-state index >= 15 is 0 Å². The maximum Gasteiger partial charge on any atom is 0.277 e. The van der Waals surface area contributed by atoms with E-state index in [0.717, 1.165) is 16.9 Å². The Hall–Kier alpha value is -2.51. The summed E-state index contributed by atoms with van der Waals surface area (Å²) in [7, 11) is 1.63. The summed E-state index contributed by atoms with van der Waals surface area (Å²) >= 11 is 7.21. The molecule has 0 aliphatic carbocycles. The first-order valence-electron chi connectivity index (χ1n) is 8.63. The quantitative estimate of drug-likeness (QED) is 0.559. The van der Waals surface area contributed by atoms with Crippen molar-refractivity contribution >= 4 is 35.0 Å². The molecule has 3 aromatic rings. The number of amides is 1. The number of anilines is 1. The first kappa shape index (κ1) is 20.2. The van der Waals surface area contributed by atoms with Gasteiger partial charge in [-0.3, -0.25) is 4.79 Å². The van der Waals surface area contributed by atoms with Crippen LogP contribution in [0.4, 0.5) is 5.69 Å². The van der Waals surface area contributed by atoms with Crippen LogP contribution in [0.15, 0.2) is 52.1 Å². The van der Waals surface area contributed by atoms with Gasteiger partial charge in [0.05, 0.1) is 18.8 Å². The van der Waals surface area contributed by atoms with Crippen molar-refractivity contribution in [3.63, 3.8) is 0 Å². The second-order valence-electron chi connectivity index (χ2n) is 6.20. The van der Waals surface area contributed by atoms with Gasteiger partial charge in [0.2, 0.25) is 11.8 Å². The number of benzene rings is 2. The Morgan fingerprint density at radius 1 is 1.25 bits per heavy atom. The van der Waals surface area contributed by atoms with Crippen molar-refractivity contribution in [1.82, 2.24) is 10.2 Å². The number of carbonyl (C=O) groups is 1. The molecule has 1 heterocycles. The lowest BCUT2D eigenvalue weighted by atomic mass is 10.1. The van der Waals surface area contributed by atoms with E-state index in [1.807, 2.05) is 37.3 Å². The van der Waals surface area contributed by atoms with Gasteiger partial charge in [0.25, 0.3) is 5.22 Å². The number of thioether (sulfide) groups is 1. The fourth-order valence-corrected chi connectivity index (χ4v) is 3.32. The standard InChI is InChI=1S/C20H20ClN3O3S/c1-12-4-7-15(21)11-17(12)22-19(25)13(2)28-20-24-23-18(27-20)10-14-5-8-16(26-3)9-6-14/h4-9,11,13H,10H2,1-3H3,(H,22,25)/t13-/m1/s1. The fraction of sp³-hybridized carbons (Fsp3) is 0.250. The molecule has 0 fully saturated rings. The van der Waals surface area contributed by atoms with E-state index in [1.165, 1.54) is 11.8 Å². The van der Waals surface area contributed by atoms with Crippen molar-refractivity contribution in [2.45, 2.75) is 30.7 Å². The van der Waals surface area contributed by atoms with Gasteiger partial charge in [-0.1, -0.05) is 41.6 Å². The monoisotopic (exact) mass is 417 g/mol. The SMILES string of the molecule is COc1ccc(Cc2nnc(S[C@H](C)C(=O)Nc3cc(Cl)ccc3C)o2)cc1. The molecule has 28 heavy (non-hydrogen) atoms. The predicted octanol–water partition coefficient (Wildman–Crippen LogP) is 4.75. The molecule has 0 radical (unpaired) electrons. The number of aryl methyl sites for hydroxylation is 1. The van der Waals surface area contributed by atoms with Gasteiger partial charge < -0.3 is 14.5 Å². The van der Waals surface area contributed by atoms with Crippen LogP contribution in [0.5, 0.6) is 5.75 Å². The second kappa shape index (κ2) is 9.12. The third kappa shape index (κ3) is 5.27. The van der Waals surface area contributed by atoms with E-state index in [0.29, 0.717) is 28.2 Å². The molecular formula is C20H20ClN3O3S. The molecule has 6 nitrogen and oxygen atoms in total. The maximum atomic E-state index is 12.5. The first-order valence-corrected chi connectivity index (χ1v) is 9.89. The smallest absolute Gasteiger partial charge is 0.277 e. The molecule has 1 aromatic heterocycles. The summed E-state index contributed by atoms with van der Waals surface area (Å²) in [6, 6.07) is 13.0. The minimum Gasteiger partial charge on any atom is -0.497 e. The highest BCUT2D eigenvalue weighted by molar-refractivity contribution is 8.00. The van der Waals surface area contributed by atoms with Crippen LogP contribution in [0.3, 0.4) is 0 Å². The molecular weight excluding hydrogens is 398 g/mol. The minimum absolute atomic E-state index is 0.162. The number of hydrogen-bond acceptors (Lipinski definition) is 6. The average molecular weight is 418 g/mol. The molecule has 8 heteroatoms. The normalized spacial score (nSPS) is 11.9. The molecule has 0 saturated carbocycles. The third-order valence-electron chi connectivity index (χ3n) is 4.07. The largest absolute Gasteiger partial charge is 0.497 e. The van der Waals surface area contributed by atoms with Crippen molar-refractivity contribution in [1.29, 1.82) is 0 Å². The van der Waals surface area contributed by atoms with Crippen LogP contribution in [0.1, 0.15) is 23.9 Å². The highest BCUT2D eigenvalue weighted by Crippen LogP contribution is 2.26. The number of nitrogens with zero attached hydrogens (tertiary/aromatic N) is 2. The maximum absolute atomic E-state index is 12.5. The van der Waals surface area contributed by atoms with Gasteiger partial charge in [-0.05, 0) is 49.2 Å². The molecule has 0 saturated heterocycles. The Labute approximate surface area is 172 Å². The zero-order chi connectivity index (χ0) is 20.1. The Bertz CT molecular complexity index is 960. The van der Waals surface area contributed by atoms with Crippen LogP contribution in [0.25, 0.3) is 0 Å². The number of ether oxygens (including phenoxy) is 1. The molecule has 2 aromatic carbocycles. The van der Waals surface area contributed by atoms with Crippen molar-refractivity contribution in [3.05, 3.63) is 64.5 Å². The summed E-state index contributed by atoms with van der Waals surface area (Å²) in [5.74, 6) is 1.12. The zero-order valence-corrected chi connectivity index (χ0v) is 17.3. The van der Waals surface area contributed by atoms with Gasteiger partial charge in [0.1, 0.15) is 5.75 Å². The van der Waals surface area contributed by atoms with Gasteiger partial charge in [-0.15, -0.1) is 10.2 Å². The Balaban J connectivity index is 1.58. The number of hydrogen-bond donors (Lipinski definition) is 1. The lowest BCUT2D eigenvalue weighted by Gasteiger charge is -2.12. The van der Waals surface area contributed by atoms with Gasteiger partial charge in [0.15, 0.2) is 0 Å². The van der Waals surface area contributed by atoms with E-state index in [2.05, 4.69) is 15.5 Å². The zero-order valence-electron chi connectivity index (χ0n) is 15.7. The predicted molar refractivity (Wildman–Crippen MR) is 110 cm³/mol. The Morgan fingerprint density at radius 2 is 2.00 bits per heavy atom. The molecule has 3 rings (SSSR count). The van der Waals surface area contributed by atoms with E-state index < -0.39 is 5.25 Å². The molecule has 0 spiro atoms. The Kier molecular flexibility index (Phi) is 6.59. The van der Waals surface area contributed by atoms with Crippen molar-refractivity contribution in [3.8, 4) is 5.75 Å². The van der Waals surface area contributed by atoms with E-state index in [1.54, 1.807) is 26.2 Å². The third-order valence-corrected chi connectivity index (χ3v) is 5.24. The van der Waals surface area contributed by atoms with Crippen LogP contribution >= 0.6 is 23.4 Å². The van der Waals surface area contributed by atoms with Crippen molar-refractivity contribution in [2.75, 3.05) is 12.4 Å². The molecule has 0 bridgehead atoms. The Morgan fingerprint density at radius 3 is 2.71 bits per heavy atom.